The number of hydrogen-bond donors (Lipinski definition) is 1. The van der Waals surface area contributed by atoms with Gasteiger partial charge in [-0.3, -0.25) is 4.72 Å². The Balaban J connectivity index is 1.95. The first kappa shape index (κ1) is 13.8. The van der Waals surface area contributed by atoms with Gasteiger partial charge in [-0.05, 0) is 19.1 Å². The lowest BCUT2D eigenvalue weighted by Gasteiger charge is -2.03. The van der Waals surface area contributed by atoms with Crippen LogP contribution >= 0.6 is 11.3 Å². The summed E-state index contributed by atoms with van der Waals surface area (Å²) in [6.07, 6.45) is 1.07. The monoisotopic (exact) mass is 299 g/mol. The number of sulfonamides is 1. The second-order valence-electron chi connectivity index (χ2n) is 3.98. The maximum Gasteiger partial charge on any atom is 0.231 e. The molecule has 0 aliphatic heterocycles. The van der Waals surface area contributed by atoms with Gasteiger partial charge in [-0.2, -0.15) is 0 Å². The highest BCUT2D eigenvalue weighted by Gasteiger charge is 2.08. The van der Waals surface area contributed by atoms with E-state index in [9.17, 15) is 8.42 Å². The minimum Gasteiger partial charge on any atom is -0.486 e. The van der Waals surface area contributed by atoms with Crippen molar-refractivity contribution in [3.8, 4) is 5.75 Å². The number of benzene rings is 1. The molecule has 1 heterocycles. The zero-order valence-electron chi connectivity index (χ0n) is 10.5. The highest BCUT2D eigenvalue weighted by atomic mass is 32.2. The van der Waals surface area contributed by atoms with Gasteiger partial charge in [0.05, 0.1) is 6.26 Å². The summed E-state index contributed by atoms with van der Waals surface area (Å²) >= 11 is 1.14. The number of rotatable bonds is 5. The van der Waals surface area contributed by atoms with Crippen molar-refractivity contribution in [2.75, 3.05) is 11.0 Å². The number of anilines is 1. The van der Waals surface area contributed by atoms with Crippen molar-refractivity contribution in [1.29, 1.82) is 0 Å². The van der Waals surface area contributed by atoms with Crippen LogP contribution in [0.3, 0.4) is 0 Å². The third-order valence-electron chi connectivity index (χ3n) is 2.12. The molecule has 19 heavy (non-hydrogen) atoms. The normalized spacial score (nSPS) is 11.3. The van der Waals surface area contributed by atoms with Crippen LogP contribution in [0, 0.1) is 6.92 Å². The average Bonchev–Trinajstić information content (AvgIpc) is 2.73. The quantitative estimate of drug-likeness (QED) is 0.910. The van der Waals surface area contributed by atoms with E-state index in [-0.39, 0.29) is 11.7 Å². The number of nitrogens with zero attached hydrogens (tertiary/aromatic N) is 2. The Morgan fingerprint density at radius 3 is 2.58 bits per heavy atom. The van der Waals surface area contributed by atoms with Crippen LogP contribution in [-0.2, 0) is 16.6 Å². The van der Waals surface area contributed by atoms with Crippen LogP contribution in [0.15, 0.2) is 24.3 Å². The average molecular weight is 299 g/mol. The second kappa shape index (κ2) is 5.54. The van der Waals surface area contributed by atoms with Crippen molar-refractivity contribution >= 4 is 26.5 Å². The number of aryl methyl sites for hydroxylation is 1. The minimum atomic E-state index is -3.32. The Morgan fingerprint density at radius 2 is 1.95 bits per heavy atom. The fourth-order valence-electron chi connectivity index (χ4n) is 1.29. The van der Waals surface area contributed by atoms with Crippen LogP contribution < -0.4 is 9.46 Å². The molecule has 0 amide bonds. The summed E-state index contributed by atoms with van der Waals surface area (Å²) < 4.78 is 29.8. The smallest absolute Gasteiger partial charge is 0.231 e. The zero-order valence-corrected chi connectivity index (χ0v) is 12.1. The summed E-state index contributed by atoms with van der Waals surface area (Å²) in [4.78, 5) is 0. The molecule has 0 saturated heterocycles. The van der Waals surface area contributed by atoms with Crippen molar-refractivity contribution < 1.29 is 13.2 Å². The van der Waals surface area contributed by atoms with Crippen LogP contribution in [0.4, 0.5) is 5.13 Å². The minimum absolute atomic E-state index is 0.241. The summed E-state index contributed by atoms with van der Waals surface area (Å²) in [7, 11) is -3.32. The van der Waals surface area contributed by atoms with Crippen molar-refractivity contribution in [2.24, 2.45) is 0 Å². The molecular formula is C11H13N3O3S2. The van der Waals surface area contributed by atoms with Gasteiger partial charge in [-0.25, -0.2) is 8.42 Å². The molecule has 2 rings (SSSR count). The van der Waals surface area contributed by atoms with Crippen LogP contribution in [-0.4, -0.2) is 24.9 Å². The van der Waals surface area contributed by atoms with E-state index < -0.39 is 10.0 Å². The first-order chi connectivity index (χ1) is 8.92. The Kier molecular flexibility index (Phi) is 4.01. The predicted molar refractivity (Wildman–Crippen MR) is 73.9 cm³/mol. The van der Waals surface area contributed by atoms with Crippen LogP contribution in [0.2, 0.25) is 0 Å². The summed E-state index contributed by atoms with van der Waals surface area (Å²) in [5.41, 5.74) is 1.16. The van der Waals surface area contributed by atoms with E-state index in [0.717, 1.165) is 28.9 Å². The topological polar surface area (TPSA) is 81.2 Å². The van der Waals surface area contributed by atoms with Crippen LogP contribution in [0.1, 0.15) is 10.6 Å². The van der Waals surface area contributed by atoms with Gasteiger partial charge in [-0.15, -0.1) is 10.2 Å². The van der Waals surface area contributed by atoms with Crippen molar-refractivity contribution in [1.82, 2.24) is 10.2 Å². The number of hydrogen-bond acceptors (Lipinski definition) is 6. The van der Waals surface area contributed by atoms with E-state index in [2.05, 4.69) is 14.9 Å². The Morgan fingerprint density at radius 1 is 1.26 bits per heavy atom. The van der Waals surface area contributed by atoms with Crippen molar-refractivity contribution in [2.45, 2.75) is 13.5 Å². The molecule has 102 valence electrons. The number of ether oxygens (including phenoxy) is 1. The Bertz CT molecular complexity index is 650. The fourth-order valence-corrected chi connectivity index (χ4v) is 2.77. The highest BCUT2D eigenvalue weighted by molar-refractivity contribution is 7.92. The Hall–Kier alpha value is -1.67. The first-order valence-electron chi connectivity index (χ1n) is 5.42. The maximum atomic E-state index is 11.0. The van der Waals surface area contributed by atoms with E-state index in [0.29, 0.717) is 5.01 Å². The fraction of sp³-hybridized carbons (Fsp3) is 0.273. The zero-order chi connectivity index (χ0) is 13.9. The molecule has 1 aromatic heterocycles. The molecule has 0 bridgehead atoms. The van der Waals surface area contributed by atoms with E-state index in [1.54, 1.807) is 0 Å². The third kappa shape index (κ3) is 4.49. The molecule has 6 nitrogen and oxygen atoms in total. The summed E-state index contributed by atoms with van der Waals surface area (Å²) in [5.74, 6) is 0.735. The lowest BCUT2D eigenvalue weighted by atomic mass is 10.2. The van der Waals surface area contributed by atoms with Gasteiger partial charge in [-0.1, -0.05) is 29.0 Å². The molecule has 0 unspecified atom stereocenters. The maximum absolute atomic E-state index is 11.0. The highest BCUT2D eigenvalue weighted by Crippen LogP contribution is 2.19. The summed E-state index contributed by atoms with van der Waals surface area (Å²) in [6.45, 7) is 2.25. The molecule has 0 fully saturated rings. The molecule has 0 spiro atoms. The molecule has 2 aromatic rings. The van der Waals surface area contributed by atoms with Crippen LogP contribution in [0.25, 0.3) is 0 Å². The third-order valence-corrected chi connectivity index (χ3v) is 3.63. The van der Waals surface area contributed by atoms with E-state index in [1.165, 1.54) is 0 Å². The summed E-state index contributed by atoms with van der Waals surface area (Å²) in [5, 5.41) is 8.42. The van der Waals surface area contributed by atoms with Crippen molar-refractivity contribution in [3.05, 3.63) is 34.8 Å². The van der Waals surface area contributed by atoms with E-state index >= 15 is 0 Å². The molecule has 0 radical (unpaired) electrons. The number of aromatic nitrogens is 2. The summed E-state index contributed by atoms with van der Waals surface area (Å²) in [6, 6.07) is 7.64. The largest absolute Gasteiger partial charge is 0.486 e. The molecule has 1 aromatic carbocycles. The second-order valence-corrected chi connectivity index (χ2v) is 6.79. The Labute approximate surface area is 115 Å². The molecule has 8 heteroatoms. The van der Waals surface area contributed by atoms with E-state index in [4.69, 9.17) is 4.74 Å². The first-order valence-corrected chi connectivity index (χ1v) is 8.13. The van der Waals surface area contributed by atoms with Gasteiger partial charge in [0.15, 0.2) is 5.01 Å². The molecular weight excluding hydrogens is 286 g/mol. The standard InChI is InChI=1S/C11H13N3O3S2/c1-8-3-5-9(6-4-8)17-7-10-12-13-11(18-10)14-19(2,15)16/h3-6H,7H2,1-2H3,(H,13,14). The van der Waals surface area contributed by atoms with E-state index in [1.807, 2.05) is 31.2 Å². The SMILES string of the molecule is Cc1ccc(OCc2nnc(NS(C)(=O)=O)s2)cc1. The van der Waals surface area contributed by atoms with Crippen molar-refractivity contribution in [3.63, 3.8) is 0 Å². The van der Waals surface area contributed by atoms with Crippen LogP contribution in [0.5, 0.6) is 5.75 Å². The molecule has 0 aliphatic rings. The van der Waals surface area contributed by atoms with Gasteiger partial charge in [0.1, 0.15) is 12.4 Å². The lowest BCUT2D eigenvalue weighted by Crippen LogP contribution is -2.08. The molecule has 0 aliphatic carbocycles. The lowest BCUT2D eigenvalue weighted by molar-refractivity contribution is 0.304. The van der Waals surface area contributed by atoms with Gasteiger partial charge >= 0.3 is 0 Å². The van der Waals surface area contributed by atoms with Gasteiger partial charge in [0, 0.05) is 0 Å². The molecule has 0 saturated carbocycles. The number of nitrogens with one attached hydrogen (secondary N) is 1. The van der Waals surface area contributed by atoms with Gasteiger partial charge in [0.25, 0.3) is 0 Å². The van der Waals surface area contributed by atoms with Gasteiger partial charge < -0.3 is 4.74 Å². The molecule has 1 N–H and O–H groups in total. The van der Waals surface area contributed by atoms with Gasteiger partial charge in [0.2, 0.25) is 15.2 Å². The predicted octanol–water partition coefficient (Wildman–Crippen LogP) is 1.80. The molecule has 0 atom stereocenters.